The fourth-order valence-electron chi connectivity index (χ4n) is 2.14. The number of hydrogen-bond acceptors (Lipinski definition) is 3. The SMILES string of the molecule is CC(=O)N[C@@H](C(=O)N[C@H](Cc1cccc(Br)c1)C(N)=O)C(C)C. The van der Waals surface area contributed by atoms with E-state index < -0.39 is 23.9 Å². The highest BCUT2D eigenvalue weighted by atomic mass is 79.9. The Kier molecular flexibility index (Phi) is 7.22. The average Bonchev–Trinajstić information content (AvgIpc) is 2.43. The molecule has 0 aliphatic carbocycles. The molecule has 1 rings (SSSR count). The molecule has 0 aromatic heterocycles. The van der Waals surface area contributed by atoms with E-state index in [1.54, 1.807) is 0 Å². The molecular weight excluding hydrogens is 362 g/mol. The van der Waals surface area contributed by atoms with Gasteiger partial charge in [-0.15, -0.1) is 0 Å². The lowest BCUT2D eigenvalue weighted by atomic mass is 10.0. The zero-order valence-electron chi connectivity index (χ0n) is 13.4. The van der Waals surface area contributed by atoms with Gasteiger partial charge >= 0.3 is 0 Å². The molecule has 126 valence electrons. The minimum atomic E-state index is -0.841. The van der Waals surface area contributed by atoms with Crippen LogP contribution in [-0.4, -0.2) is 29.8 Å². The summed E-state index contributed by atoms with van der Waals surface area (Å²) < 4.78 is 0.878. The predicted octanol–water partition coefficient (Wildman–Crippen LogP) is 1.12. The van der Waals surface area contributed by atoms with E-state index in [2.05, 4.69) is 26.6 Å². The van der Waals surface area contributed by atoms with Gasteiger partial charge in [0, 0.05) is 17.8 Å². The Morgan fingerprint density at radius 1 is 1.22 bits per heavy atom. The van der Waals surface area contributed by atoms with Gasteiger partial charge in [-0.05, 0) is 23.6 Å². The van der Waals surface area contributed by atoms with E-state index in [1.807, 2.05) is 38.1 Å². The molecule has 0 aliphatic heterocycles. The Morgan fingerprint density at radius 2 is 1.87 bits per heavy atom. The Labute approximate surface area is 144 Å². The van der Waals surface area contributed by atoms with E-state index in [4.69, 9.17) is 5.73 Å². The number of nitrogens with two attached hydrogens (primary N) is 1. The van der Waals surface area contributed by atoms with Crippen LogP contribution in [0.25, 0.3) is 0 Å². The first-order valence-electron chi connectivity index (χ1n) is 7.32. The summed E-state index contributed by atoms with van der Waals surface area (Å²) in [5, 5.41) is 5.21. The minimum absolute atomic E-state index is 0.113. The Hall–Kier alpha value is -1.89. The number of carbonyl (C=O) groups is 3. The summed E-state index contributed by atoms with van der Waals surface area (Å²) >= 11 is 3.36. The molecule has 4 N–H and O–H groups in total. The van der Waals surface area contributed by atoms with Gasteiger partial charge in [-0.25, -0.2) is 0 Å². The van der Waals surface area contributed by atoms with E-state index in [0.29, 0.717) is 0 Å². The normalized spacial score (nSPS) is 13.3. The molecule has 0 aliphatic rings. The third-order valence-corrected chi connectivity index (χ3v) is 3.79. The van der Waals surface area contributed by atoms with Crippen molar-refractivity contribution >= 4 is 33.7 Å². The van der Waals surface area contributed by atoms with Gasteiger partial charge in [0.2, 0.25) is 17.7 Å². The summed E-state index contributed by atoms with van der Waals surface area (Å²) in [6.45, 7) is 4.97. The van der Waals surface area contributed by atoms with Gasteiger partial charge in [-0.1, -0.05) is 41.9 Å². The smallest absolute Gasteiger partial charge is 0.243 e. The van der Waals surface area contributed by atoms with Gasteiger partial charge in [0.25, 0.3) is 0 Å². The van der Waals surface area contributed by atoms with Crippen LogP contribution < -0.4 is 16.4 Å². The van der Waals surface area contributed by atoms with E-state index in [1.165, 1.54) is 6.92 Å². The molecule has 0 fully saturated rings. The number of carbonyl (C=O) groups excluding carboxylic acids is 3. The minimum Gasteiger partial charge on any atom is -0.368 e. The van der Waals surface area contributed by atoms with Crippen molar-refractivity contribution in [3.05, 3.63) is 34.3 Å². The number of primary amides is 1. The van der Waals surface area contributed by atoms with Gasteiger partial charge < -0.3 is 16.4 Å². The summed E-state index contributed by atoms with van der Waals surface area (Å²) in [4.78, 5) is 35.2. The quantitative estimate of drug-likeness (QED) is 0.657. The Balaban J connectivity index is 2.84. The first-order valence-corrected chi connectivity index (χ1v) is 8.11. The lowest BCUT2D eigenvalue weighted by molar-refractivity contribution is -0.131. The number of hydrogen-bond donors (Lipinski definition) is 3. The number of nitrogens with one attached hydrogen (secondary N) is 2. The van der Waals surface area contributed by atoms with Crippen molar-refractivity contribution in [1.82, 2.24) is 10.6 Å². The highest BCUT2D eigenvalue weighted by molar-refractivity contribution is 9.10. The summed E-state index contributed by atoms with van der Waals surface area (Å²) in [6, 6.07) is 5.86. The second kappa shape index (κ2) is 8.67. The standard InChI is InChI=1S/C16H22BrN3O3/c1-9(2)14(19-10(3)21)16(23)20-13(15(18)22)8-11-5-4-6-12(17)7-11/h4-7,9,13-14H,8H2,1-3H3,(H2,18,22)(H,19,21)(H,20,23)/t13-,14-/m1/s1. The zero-order valence-corrected chi connectivity index (χ0v) is 15.0. The topological polar surface area (TPSA) is 101 Å². The highest BCUT2D eigenvalue weighted by Crippen LogP contribution is 2.13. The lowest BCUT2D eigenvalue weighted by Crippen LogP contribution is -2.55. The average molecular weight is 384 g/mol. The third-order valence-electron chi connectivity index (χ3n) is 3.30. The molecule has 0 heterocycles. The largest absolute Gasteiger partial charge is 0.368 e. The van der Waals surface area contributed by atoms with Crippen molar-refractivity contribution in [2.24, 2.45) is 11.7 Å². The van der Waals surface area contributed by atoms with Crippen LogP contribution in [0.2, 0.25) is 0 Å². The summed E-state index contributed by atoms with van der Waals surface area (Å²) in [5.41, 5.74) is 6.26. The molecule has 23 heavy (non-hydrogen) atoms. The van der Waals surface area contributed by atoms with E-state index in [-0.39, 0.29) is 18.2 Å². The molecule has 0 spiro atoms. The van der Waals surface area contributed by atoms with Crippen molar-refractivity contribution < 1.29 is 14.4 Å². The van der Waals surface area contributed by atoms with Crippen LogP contribution >= 0.6 is 15.9 Å². The number of benzene rings is 1. The maximum Gasteiger partial charge on any atom is 0.243 e. The van der Waals surface area contributed by atoms with Crippen LogP contribution in [0, 0.1) is 5.92 Å². The number of rotatable bonds is 7. The van der Waals surface area contributed by atoms with E-state index in [9.17, 15) is 14.4 Å². The van der Waals surface area contributed by atoms with Crippen LogP contribution in [0.4, 0.5) is 0 Å². The van der Waals surface area contributed by atoms with Crippen LogP contribution in [0.1, 0.15) is 26.3 Å². The number of halogens is 1. The van der Waals surface area contributed by atoms with Crippen LogP contribution in [0.5, 0.6) is 0 Å². The van der Waals surface area contributed by atoms with Crippen molar-refractivity contribution in [2.75, 3.05) is 0 Å². The maximum atomic E-state index is 12.3. The first-order chi connectivity index (χ1) is 10.7. The van der Waals surface area contributed by atoms with Crippen molar-refractivity contribution in [1.29, 1.82) is 0 Å². The number of amides is 3. The zero-order chi connectivity index (χ0) is 17.6. The molecule has 0 unspecified atom stereocenters. The fraction of sp³-hybridized carbons (Fsp3) is 0.438. The van der Waals surface area contributed by atoms with Gasteiger partial charge in [0.15, 0.2) is 0 Å². The molecule has 0 radical (unpaired) electrons. The lowest BCUT2D eigenvalue weighted by Gasteiger charge is -2.24. The molecule has 6 nitrogen and oxygen atoms in total. The Bertz CT molecular complexity index is 590. The van der Waals surface area contributed by atoms with E-state index in [0.717, 1.165) is 10.0 Å². The van der Waals surface area contributed by atoms with Crippen molar-refractivity contribution in [3.63, 3.8) is 0 Å². The van der Waals surface area contributed by atoms with Crippen molar-refractivity contribution in [3.8, 4) is 0 Å². The second-order valence-corrected chi connectivity index (χ2v) is 6.64. The van der Waals surface area contributed by atoms with Crippen LogP contribution in [0.3, 0.4) is 0 Å². The first kappa shape index (κ1) is 19.2. The molecule has 7 heteroatoms. The molecule has 3 amide bonds. The molecule has 2 atom stereocenters. The summed E-state index contributed by atoms with van der Waals surface area (Å²) in [6.07, 6.45) is 0.283. The van der Waals surface area contributed by atoms with E-state index >= 15 is 0 Å². The van der Waals surface area contributed by atoms with Gasteiger partial charge in [0.05, 0.1) is 0 Å². The van der Waals surface area contributed by atoms with Crippen LogP contribution in [0.15, 0.2) is 28.7 Å². The maximum absolute atomic E-state index is 12.3. The molecule has 1 aromatic rings. The fourth-order valence-corrected chi connectivity index (χ4v) is 2.58. The summed E-state index contributed by atoms with van der Waals surface area (Å²) in [5.74, 6) is -1.46. The summed E-state index contributed by atoms with van der Waals surface area (Å²) in [7, 11) is 0. The van der Waals surface area contributed by atoms with Gasteiger partial charge in [-0.2, -0.15) is 0 Å². The third kappa shape index (κ3) is 6.40. The van der Waals surface area contributed by atoms with Gasteiger partial charge in [-0.3, -0.25) is 14.4 Å². The highest BCUT2D eigenvalue weighted by Gasteiger charge is 2.27. The monoisotopic (exact) mass is 383 g/mol. The molecule has 0 saturated carbocycles. The predicted molar refractivity (Wildman–Crippen MR) is 91.4 cm³/mol. The van der Waals surface area contributed by atoms with Crippen LogP contribution in [-0.2, 0) is 20.8 Å². The molecular formula is C16H22BrN3O3. The molecule has 0 bridgehead atoms. The van der Waals surface area contributed by atoms with Crippen molar-refractivity contribution in [2.45, 2.75) is 39.3 Å². The Morgan fingerprint density at radius 3 is 2.35 bits per heavy atom. The second-order valence-electron chi connectivity index (χ2n) is 5.72. The molecule has 1 aromatic carbocycles. The molecule has 0 saturated heterocycles. The van der Waals surface area contributed by atoms with Gasteiger partial charge in [0.1, 0.15) is 12.1 Å².